The minimum Gasteiger partial charge on any atom is -0.502 e. The van der Waals surface area contributed by atoms with E-state index in [0.717, 1.165) is 142 Å². The third kappa shape index (κ3) is 51.8. The van der Waals surface area contributed by atoms with E-state index in [1.54, 1.807) is 27.7 Å². The highest BCUT2D eigenvalue weighted by molar-refractivity contribution is 5.89. The lowest BCUT2D eigenvalue weighted by molar-refractivity contribution is -0.374. The Morgan fingerprint density at radius 1 is 0.274 bits per heavy atom. The topological polar surface area (TPSA) is 283 Å². The van der Waals surface area contributed by atoms with E-state index >= 15 is 0 Å². The van der Waals surface area contributed by atoms with E-state index in [9.17, 15) is 113 Å². The molecule has 0 heterocycles. The SMILES string of the molecule is C=C(C)C(=O)OCC1CCC(COC(=O)C(=C)C)CC1.C=C(C)C(=O)OCCCCCCCCCCCCOC(=O)C(=C)CC.C=COC1CCC(OC(=O)C(=C)C)CC1.C=COC1CCC(OC(=O)C=C)CC1.C=COCC(F)(F)C(F)(F)C(F)(F)C(F)(F)COC(=O)C(=C)C.C=COCC(F)(F)C(F)(F)C(F)(F)C(F)(F)COC(=O)C=C.C=COCC1CCC(COC(=O)C=C)CC1. The lowest BCUT2D eigenvalue weighted by atomic mass is 9.83. The van der Waals surface area contributed by atoms with Gasteiger partial charge >= 0.3 is 101 Å². The largest absolute Gasteiger partial charge is 0.502 e. The molecule has 0 spiro atoms. The number of hydrogen-bond donors (Lipinski definition) is 0. The van der Waals surface area contributed by atoms with Crippen LogP contribution in [-0.2, 0) is 109 Å². The van der Waals surface area contributed by atoms with Crippen molar-refractivity contribution < 1.29 is 180 Å². The van der Waals surface area contributed by atoms with Crippen molar-refractivity contribution in [1.29, 1.82) is 0 Å². The quantitative estimate of drug-likeness (QED) is 0.0137. The second-order valence-corrected chi connectivity index (χ2v) is 31.9. The zero-order valence-corrected chi connectivity index (χ0v) is 78.2. The summed E-state index contributed by atoms with van der Waals surface area (Å²) < 4.78 is 277. The van der Waals surface area contributed by atoms with Crippen LogP contribution in [-0.4, -0.2) is 192 Å². The number of carbonyl (C=O) groups excluding carboxylic acids is 9. The molecule has 0 aliphatic heterocycles. The van der Waals surface area contributed by atoms with Gasteiger partial charge in [0.25, 0.3) is 0 Å². The van der Waals surface area contributed by atoms with Crippen molar-refractivity contribution in [2.75, 3.05) is 66.1 Å². The van der Waals surface area contributed by atoms with Crippen molar-refractivity contribution in [2.24, 2.45) is 23.7 Å². The highest BCUT2D eigenvalue weighted by Crippen LogP contribution is 2.54. The second-order valence-electron chi connectivity index (χ2n) is 31.9. The molecule has 0 bridgehead atoms. The normalized spacial score (nSPS) is 18.1. The van der Waals surface area contributed by atoms with Crippen LogP contribution >= 0.6 is 0 Å². The van der Waals surface area contributed by atoms with Gasteiger partial charge in [0.15, 0.2) is 26.4 Å². The number of halogens is 16. The van der Waals surface area contributed by atoms with Crippen molar-refractivity contribution in [1.82, 2.24) is 0 Å². The predicted octanol–water partition coefficient (Wildman–Crippen LogP) is 23.2. The van der Waals surface area contributed by atoms with Crippen LogP contribution in [0.4, 0.5) is 70.2 Å². The first-order valence-corrected chi connectivity index (χ1v) is 43.6. The monoisotopic (exact) mass is 1960 g/mol. The van der Waals surface area contributed by atoms with E-state index in [4.69, 9.17) is 47.4 Å². The van der Waals surface area contributed by atoms with Gasteiger partial charge in [0.05, 0.1) is 83.2 Å². The molecule has 0 atom stereocenters. The summed E-state index contributed by atoms with van der Waals surface area (Å²) in [6, 6.07) is 0. The van der Waals surface area contributed by atoms with Gasteiger partial charge in [0.2, 0.25) is 0 Å². The van der Waals surface area contributed by atoms with Crippen LogP contribution in [0.3, 0.4) is 0 Å². The fourth-order valence-electron chi connectivity index (χ4n) is 12.0. The summed E-state index contributed by atoms with van der Waals surface area (Å²) in [6.07, 6.45) is 35.9. The first kappa shape index (κ1) is 129. The first-order chi connectivity index (χ1) is 62.9. The molecule has 39 heteroatoms. The van der Waals surface area contributed by atoms with Gasteiger partial charge in [-0.15, -0.1) is 0 Å². The highest BCUT2D eigenvalue weighted by Gasteiger charge is 2.82. The summed E-state index contributed by atoms with van der Waals surface area (Å²) >= 11 is 0. The number of hydrogen-bond acceptors (Lipinski definition) is 23. The standard InChI is InChI=1S/C21H36O4.C16H24O4.C13H20O3.C12H12F8O3.C12H18O3.C11H10F8O3.C11H16O3/c1-5-19(4)21(23)25-17-15-13-11-9-7-6-8-10-12-14-16-24-20(22)18(2)3;1-11(2)15(17)19-9-13-5-7-14(8-6-13)10-20-16(18)12(3)4;1-3-13(14)16-10-12-7-5-11(6-8-12)9-15-4-2;1-4-22-5-9(13,14)11(17,18)12(19,20)10(15,16)6-23-8(21)7(2)3;1-4-14-10-5-7-11(8-6-10)15-12(13)9(2)3;1-3-7(20)22-6-9(14,15)11(18,19)10(16,17)8(12,13)5-21-4-2;1-3-11(12)14-10-7-5-9(6-8-10)13-4-2/h2,4-17H2,1,3H3;13-14H,1,3,5-10H2,2,4H3;3-4,11-12H,1-2,5-10H2;4H,1-2,5-6H2,3H3;4,10-11H,1-2,5-8H2,3H3;3-4H,1-2,5-6H2;3-4,9-10H,1-2,5-8H2. The molecule has 23 nitrogen and oxygen atoms in total. The van der Waals surface area contributed by atoms with Crippen LogP contribution in [0.25, 0.3) is 0 Å². The molecule has 135 heavy (non-hydrogen) atoms. The molecule has 4 aliphatic rings. The Labute approximate surface area is 781 Å². The minimum atomic E-state index is -6.54. The van der Waals surface area contributed by atoms with E-state index in [0.29, 0.717) is 97.1 Å². The van der Waals surface area contributed by atoms with Gasteiger partial charge in [-0.25, -0.2) is 43.2 Å². The van der Waals surface area contributed by atoms with E-state index in [1.807, 2.05) is 6.92 Å². The Bertz CT molecular complexity index is 3720. The smallest absolute Gasteiger partial charge is 0.381 e. The lowest BCUT2D eigenvalue weighted by Gasteiger charge is -2.36. The number of alkyl halides is 16. The highest BCUT2D eigenvalue weighted by atomic mass is 19.4. The third-order valence-corrected chi connectivity index (χ3v) is 20.3. The molecule has 0 amide bonds. The second kappa shape index (κ2) is 67.6. The summed E-state index contributed by atoms with van der Waals surface area (Å²) in [6.45, 7) is 49.3. The molecule has 4 rings (SSSR count). The van der Waals surface area contributed by atoms with E-state index in [2.05, 4.69) is 111 Å². The maximum absolute atomic E-state index is 13.3. The summed E-state index contributed by atoms with van der Waals surface area (Å²) in [7, 11) is 0. The maximum Gasteiger partial charge on any atom is 0.381 e. The van der Waals surface area contributed by atoms with Crippen molar-refractivity contribution in [2.45, 2.75) is 287 Å². The Morgan fingerprint density at radius 3 is 0.837 bits per heavy atom. The van der Waals surface area contributed by atoms with Crippen LogP contribution in [0.2, 0.25) is 0 Å². The summed E-state index contributed by atoms with van der Waals surface area (Å²) in [5.41, 5.74) is 1.86. The van der Waals surface area contributed by atoms with Crippen molar-refractivity contribution in [3.05, 3.63) is 175 Å². The van der Waals surface area contributed by atoms with Crippen molar-refractivity contribution in [3.63, 3.8) is 0 Å². The van der Waals surface area contributed by atoms with Gasteiger partial charge in [-0.05, 0) is 180 Å². The van der Waals surface area contributed by atoms with E-state index in [-0.39, 0.29) is 78.7 Å². The molecule has 770 valence electrons. The number of esters is 9. The number of unbranched alkanes of at least 4 members (excludes halogenated alkanes) is 9. The summed E-state index contributed by atoms with van der Waals surface area (Å²) in [4.78, 5) is 99.5. The molecule has 0 saturated heterocycles. The third-order valence-electron chi connectivity index (χ3n) is 20.3. The molecule has 4 aliphatic carbocycles. The summed E-state index contributed by atoms with van der Waals surface area (Å²) in [5.74, 6) is -52.3. The Kier molecular flexibility index (Phi) is 64.4. The van der Waals surface area contributed by atoms with Gasteiger partial charge in [-0.2, -0.15) is 70.2 Å². The Hall–Kier alpha value is -10.5. The van der Waals surface area contributed by atoms with Crippen LogP contribution < -0.4 is 0 Å². The molecule has 0 aromatic rings. The molecular weight excluding hydrogens is 1830 g/mol. The van der Waals surface area contributed by atoms with Crippen LogP contribution in [0.5, 0.6) is 0 Å². The molecule has 4 saturated carbocycles. The zero-order chi connectivity index (χ0) is 104. The molecular formula is C96H136F16O23. The average molecular weight is 1960 g/mol. The molecule has 0 aromatic heterocycles. The van der Waals surface area contributed by atoms with Crippen LogP contribution in [0, 0.1) is 23.7 Å². The molecule has 0 unspecified atom stereocenters. The van der Waals surface area contributed by atoms with Crippen LogP contribution in [0.15, 0.2) is 175 Å². The Balaban J connectivity index is -0.00000152. The van der Waals surface area contributed by atoms with Crippen molar-refractivity contribution >= 4 is 53.7 Å². The van der Waals surface area contributed by atoms with Crippen molar-refractivity contribution in [3.8, 4) is 0 Å². The average Bonchev–Trinajstić information content (AvgIpc) is 0.744. The van der Waals surface area contributed by atoms with E-state index < -0.39 is 91.3 Å². The van der Waals surface area contributed by atoms with Gasteiger partial charge in [0, 0.05) is 51.7 Å². The van der Waals surface area contributed by atoms with Gasteiger partial charge < -0.3 is 66.3 Å². The van der Waals surface area contributed by atoms with E-state index in [1.165, 1.54) is 69.5 Å². The van der Waals surface area contributed by atoms with Gasteiger partial charge in [-0.3, -0.25) is 0 Å². The Morgan fingerprint density at radius 2 is 0.533 bits per heavy atom. The zero-order valence-electron chi connectivity index (χ0n) is 78.2. The molecule has 0 aromatic carbocycles. The van der Waals surface area contributed by atoms with Crippen LogP contribution in [0.1, 0.15) is 215 Å². The molecule has 4 fully saturated rings. The number of rotatable bonds is 54. The molecule has 0 radical (unpaired) electrons. The number of ether oxygens (including phenoxy) is 14. The maximum atomic E-state index is 13.3. The minimum absolute atomic E-state index is 0.0267. The number of carbonyl (C=O) groups is 9. The fraction of sp³-hybridized carbons (Fsp3) is 0.615. The van der Waals surface area contributed by atoms with Gasteiger partial charge in [-0.1, -0.05) is 150 Å². The predicted molar refractivity (Wildman–Crippen MR) is 473 cm³/mol. The first-order valence-electron chi connectivity index (χ1n) is 43.6. The van der Waals surface area contributed by atoms with Gasteiger partial charge in [0.1, 0.15) is 12.2 Å². The lowest BCUT2D eigenvalue weighted by Crippen LogP contribution is -2.64. The fourth-order valence-corrected chi connectivity index (χ4v) is 12.0. The summed E-state index contributed by atoms with van der Waals surface area (Å²) in [5, 5.41) is 0. The molecule has 0 N–H and O–H groups in total.